The number of methoxy groups -OCH3 is 1. The van der Waals surface area contributed by atoms with Gasteiger partial charge in [-0.25, -0.2) is 0 Å². The first kappa shape index (κ1) is 21.3. The maximum absolute atomic E-state index is 12.9. The average molecular weight is 413 g/mol. The zero-order valence-electron chi connectivity index (χ0n) is 17.7. The van der Waals surface area contributed by atoms with E-state index in [-0.39, 0.29) is 11.8 Å². The van der Waals surface area contributed by atoms with Crippen molar-refractivity contribution >= 4 is 17.5 Å². The molecule has 154 valence electrons. The molecule has 1 unspecified atom stereocenters. The number of hydrogen-bond donors (Lipinski definition) is 0. The summed E-state index contributed by atoms with van der Waals surface area (Å²) in [5.74, 6) is 1.26. The van der Waals surface area contributed by atoms with Crippen molar-refractivity contribution in [3.05, 3.63) is 53.3 Å². The minimum Gasteiger partial charge on any atom is -0.383 e. The zero-order valence-corrected chi connectivity index (χ0v) is 18.5. The lowest BCUT2D eigenvalue weighted by Gasteiger charge is -2.17. The number of nitrogens with zero attached hydrogens (tertiary/aromatic N) is 4. The van der Waals surface area contributed by atoms with Crippen LogP contribution < -0.4 is 0 Å². The molecule has 2 aromatic heterocycles. The third kappa shape index (κ3) is 4.46. The molecule has 0 N–H and O–H groups in total. The molecule has 29 heavy (non-hydrogen) atoms. The fourth-order valence-corrected chi connectivity index (χ4v) is 4.63. The fourth-order valence-electron chi connectivity index (χ4n) is 3.74. The van der Waals surface area contributed by atoms with Gasteiger partial charge in [0.2, 0.25) is 0 Å². The monoisotopic (exact) mass is 412 g/mol. The van der Waals surface area contributed by atoms with E-state index in [1.807, 2.05) is 50.2 Å². The predicted octanol–water partition coefficient (Wildman–Crippen LogP) is 4.57. The molecule has 1 aromatic carbocycles. The average Bonchev–Trinajstić information content (AvgIpc) is 3.27. The van der Waals surface area contributed by atoms with E-state index in [1.165, 1.54) is 11.8 Å². The maximum Gasteiger partial charge on any atom is 0.191 e. The summed E-state index contributed by atoms with van der Waals surface area (Å²) in [5, 5.41) is 9.44. The lowest BCUT2D eigenvalue weighted by Crippen LogP contribution is -2.14. The Hall–Kier alpha value is -2.38. The van der Waals surface area contributed by atoms with E-state index >= 15 is 0 Å². The molecule has 0 amide bonds. The molecule has 7 heteroatoms. The Morgan fingerprint density at radius 1 is 1.21 bits per heavy atom. The van der Waals surface area contributed by atoms with E-state index < -0.39 is 0 Å². The number of ketones is 1. The second-order valence-corrected chi connectivity index (χ2v) is 8.03. The van der Waals surface area contributed by atoms with E-state index in [4.69, 9.17) is 4.74 Å². The molecule has 0 aliphatic heterocycles. The minimum absolute atomic E-state index is 0.103. The molecular formula is C22H28N4O2S. The van der Waals surface area contributed by atoms with Crippen LogP contribution >= 0.6 is 11.8 Å². The lowest BCUT2D eigenvalue weighted by atomic mass is 10.2. The van der Waals surface area contributed by atoms with E-state index in [1.54, 1.807) is 7.11 Å². The SMILES string of the molecule is CCn1c(SCC(=O)c2cc(C)n(C(C)COC)c2C)nnc1-c1ccccc1. The van der Waals surface area contributed by atoms with Crippen molar-refractivity contribution in [3.8, 4) is 11.4 Å². The van der Waals surface area contributed by atoms with Crippen LogP contribution in [0, 0.1) is 13.8 Å². The van der Waals surface area contributed by atoms with Gasteiger partial charge in [0.05, 0.1) is 18.4 Å². The van der Waals surface area contributed by atoms with Gasteiger partial charge in [-0.1, -0.05) is 42.1 Å². The molecule has 0 saturated carbocycles. The second-order valence-electron chi connectivity index (χ2n) is 7.09. The fraction of sp³-hybridized carbons (Fsp3) is 0.409. The van der Waals surface area contributed by atoms with Crippen molar-refractivity contribution in [1.82, 2.24) is 19.3 Å². The number of thioether (sulfide) groups is 1. The number of aromatic nitrogens is 4. The van der Waals surface area contributed by atoms with Gasteiger partial charge in [0.15, 0.2) is 16.8 Å². The van der Waals surface area contributed by atoms with Crippen LogP contribution in [0.1, 0.15) is 41.6 Å². The summed E-state index contributed by atoms with van der Waals surface area (Å²) in [4.78, 5) is 12.9. The van der Waals surface area contributed by atoms with Crippen LogP contribution in [0.3, 0.4) is 0 Å². The van der Waals surface area contributed by atoms with Crippen molar-refractivity contribution in [2.45, 2.75) is 45.4 Å². The molecule has 0 aliphatic carbocycles. The summed E-state index contributed by atoms with van der Waals surface area (Å²) in [6.07, 6.45) is 0. The molecule has 3 aromatic rings. The first-order valence-corrected chi connectivity index (χ1v) is 10.8. The number of hydrogen-bond acceptors (Lipinski definition) is 5. The van der Waals surface area contributed by atoms with Gasteiger partial charge in [0.25, 0.3) is 0 Å². The van der Waals surface area contributed by atoms with Crippen molar-refractivity contribution in [1.29, 1.82) is 0 Å². The van der Waals surface area contributed by atoms with Crippen molar-refractivity contribution < 1.29 is 9.53 Å². The van der Waals surface area contributed by atoms with Crippen LogP contribution in [-0.4, -0.2) is 44.6 Å². The number of Topliss-reactive ketones (excluding diaryl/α,β-unsaturated/α-hetero) is 1. The van der Waals surface area contributed by atoms with Crippen LogP contribution in [0.2, 0.25) is 0 Å². The van der Waals surface area contributed by atoms with E-state index in [0.29, 0.717) is 12.4 Å². The Kier molecular flexibility index (Phi) is 6.92. The highest BCUT2D eigenvalue weighted by molar-refractivity contribution is 7.99. The Morgan fingerprint density at radius 2 is 1.93 bits per heavy atom. The number of carbonyl (C=O) groups is 1. The molecule has 0 spiro atoms. The Balaban J connectivity index is 1.77. The van der Waals surface area contributed by atoms with E-state index in [2.05, 4.69) is 33.2 Å². The number of aryl methyl sites for hydroxylation is 1. The molecule has 0 saturated heterocycles. The molecular weight excluding hydrogens is 384 g/mol. The van der Waals surface area contributed by atoms with Gasteiger partial charge in [-0.05, 0) is 33.8 Å². The third-order valence-corrected chi connectivity index (χ3v) is 6.00. The molecule has 2 heterocycles. The Labute approximate surface area is 176 Å². The van der Waals surface area contributed by atoms with Gasteiger partial charge in [-0.15, -0.1) is 10.2 Å². The van der Waals surface area contributed by atoms with Crippen LogP contribution in [0.4, 0.5) is 0 Å². The summed E-state index contributed by atoms with van der Waals surface area (Å²) in [5.41, 5.74) is 3.85. The standard InChI is InChI=1S/C22H28N4O2S/c1-6-25-21(18-10-8-7-9-11-18)23-24-22(25)29-14-20(27)19-12-15(2)26(17(19)4)16(3)13-28-5/h7-12,16H,6,13-14H2,1-5H3. The first-order chi connectivity index (χ1) is 14.0. The quantitative estimate of drug-likeness (QED) is 0.381. The van der Waals surface area contributed by atoms with Gasteiger partial charge in [0.1, 0.15) is 0 Å². The van der Waals surface area contributed by atoms with Crippen LogP contribution in [0.5, 0.6) is 0 Å². The molecule has 0 radical (unpaired) electrons. The number of carbonyl (C=O) groups excluding carboxylic acids is 1. The van der Waals surface area contributed by atoms with E-state index in [0.717, 1.165) is 40.0 Å². The molecule has 1 atom stereocenters. The predicted molar refractivity (Wildman–Crippen MR) is 117 cm³/mol. The van der Waals surface area contributed by atoms with Crippen molar-refractivity contribution in [3.63, 3.8) is 0 Å². The molecule has 3 rings (SSSR count). The van der Waals surface area contributed by atoms with E-state index in [9.17, 15) is 4.79 Å². The largest absolute Gasteiger partial charge is 0.383 e. The molecule has 0 fully saturated rings. The first-order valence-electron chi connectivity index (χ1n) is 9.79. The van der Waals surface area contributed by atoms with Crippen LogP contribution in [0.15, 0.2) is 41.6 Å². The van der Waals surface area contributed by atoms with Crippen LogP contribution in [0.25, 0.3) is 11.4 Å². The number of benzene rings is 1. The van der Waals surface area contributed by atoms with Crippen LogP contribution in [-0.2, 0) is 11.3 Å². The highest BCUT2D eigenvalue weighted by Crippen LogP contribution is 2.26. The Bertz CT molecular complexity index is 978. The molecule has 6 nitrogen and oxygen atoms in total. The zero-order chi connectivity index (χ0) is 21.0. The normalized spacial score (nSPS) is 12.3. The van der Waals surface area contributed by atoms with Gasteiger partial charge in [0, 0.05) is 36.2 Å². The van der Waals surface area contributed by atoms with Gasteiger partial charge in [-0.2, -0.15) is 0 Å². The molecule has 0 bridgehead atoms. The maximum atomic E-state index is 12.9. The van der Waals surface area contributed by atoms with Gasteiger partial charge >= 0.3 is 0 Å². The van der Waals surface area contributed by atoms with Crippen molar-refractivity contribution in [2.75, 3.05) is 19.5 Å². The summed E-state index contributed by atoms with van der Waals surface area (Å²) in [6, 6.07) is 12.2. The smallest absolute Gasteiger partial charge is 0.191 e. The number of rotatable bonds is 9. The van der Waals surface area contributed by atoms with Gasteiger partial charge < -0.3 is 13.9 Å². The minimum atomic E-state index is 0.103. The third-order valence-electron chi connectivity index (χ3n) is 5.03. The second kappa shape index (κ2) is 9.41. The summed E-state index contributed by atoms with van der Waals surface area (Å²) in [7, 11) is 1.70. The topological polar surface area (TPSA) is 61.9 Å². The Morgan fingerprint density at radius 3 is 2.59 bits per heavy atom. The van der Waals surface area contributed by atoms with Crippen molar-refractivity contribution in [2.24, 2.45) is 0 Å². The summed E-state index contributed by atoms with van der Waals surface area (Å²) >= 11 is 1.44. The molecule has 0 aliphatic rings. The highest BCUT2D eigenvalue weighted by Gasteiger charge is 2.20. The van der Waals surface area contributed by atoms with Gasteiger partial charge in [-0.3, -0.25) is 4.79 Å². The highest BCUT2D eigenvalue weighted by atomic mass is 32.2. The number of ether oxygens (including phenoxy) is 1. The summed E-state index contributed by atoms with van der Waals surface area (Å²) < 4.78 is 9.50. The summed E-state index contributed by atoms with van der Waals surface area (Å²) in [6.45, 7) is 9.55. The lowest BCUT2D eigenvalue weighted by molar-refractivity contribution is 0.102.